The third-order valence-electron chi connectivity index (χ3n) is 3.99. The predicted octanol–water partition coefficient (Wildman–Crippen LogP) is 2.21. The fraction of sp³-hybridized carbons (Fsp3) is 0.312. The molecule has 2 N–H and O–H groups in total. The highest BCUT2D eigenvalue weighted by molar-refractivity contribution is 7.10. The van der Waals surface area contributed by atoms with Crippen LogP contribution in [0.3, 0.4) is 0 Å². The summed E-state index contributed by atoms with van der Waals surface area (Å²) in [5.41, 5.74) is 7.24. The van der Waals surface area contributed by atoms with Gasteiger partial charge in [-0.05, 0) is 30.0 Å². The minimum absolute atomic E-state index is 0.0296. The Balaban J connectivity index is 1.97. The first kappa shape index (κ1) is 15.5. The highest BCUT2D eigenvalue weighted by Gasteiger charge is 2.37. The number of aliphatic imine (C=N–C) groups is 1. The number of nitrogens with two attached hydrogens (primary N) is 1. The third-order valence-corrected chi connectivity index (χ3v) is 5.17. The van der Waals surface area contributed by atoms with Gasteiger partial charge in [-0.1, -0.05) is 0 Å². The minimum atomic E-state index is -0.622. The van der Waals surface area contributed by atoms with E-state index in [0.29, 0.717) is 12.2 Å². The molecule has 6 nitrogen and oxygen atoms in total. The van der Waals surface area contributed by atoms with E-state index in [1.165, 1.54) is 4.90 Å². The molecule has 0 aromatic carbocycles. The van der Waals surface area contributed by atoms with E-state index in [1.54, 1.807) is 37.9 Å². The van der Waals surface area contributed by atoms with Gasteiger partial charge in [0.05, 0.1) is 19.7 Å². The Kier molecular flexibility index (Phi) is 3.81. The standard InChI is InChI=1S/C16H18N4O2S/c1-16(6-14(21)20(2)15(17)19-16)13-5-11(9-23-13)10-4-12(22-3)8-18-7-10/h4-5,7-9H,6H2,1-3H3,(H2,17,19)/t16-/m0/s1. The largest absolute Gasteiger partial charge is 0.495 e. The molecule has 7 heteroatoms. The summed E-state index contributed by atoms with van der Waals surface area (Å²) < 4.78 is 5.21. The Morgan fingerprint density at radius 3 is 2.83 bits per heavy atom. The number of aromatic nitrogens is 1. The average Bonchev–Trinajstić information content (AvgIpc) is 3.03. The smallest absolute Gasteiger partial charge is 0.231 e. The molecule has 1 aliphatic rings. The van der Waals surface area contributed by atoms with Crippen molar-refractivity contribution >= 4 is 23.2 Å². The summed E-state index contributed by atoms with van der Waals surface area (Å²) in [6.07, 6.45) is 3.76. The Morgan fingerprint density at radius 2 is 2.13 bits per heavy atom. The first-order valence-electron chi connectivity index (χ1n) is 7.13. The monoisotopic (exact) mass is 330 g/mol. The van der Waals surface area contributed by atoms with Crippen LogP contribution in [0.2, 0.25) is 0 Å². The Morgan fingerprint density at radius 1 is 1.35 bits per heavy atom. The normalized spacial score (nSPS) is 21.3. The van der Waals surface area contributed by atoms with E-state index in [0.717, 1.165) is 16.0 Å². The van der Waals surface area contributed by atoms with Crippen LogP contribution in [0.25, 0.3) is 11.1 Å². The molecule has 1 amide bonds. The van der Waals surface area contributed by atoms with E-state index in [1.807, 2.05) is 24.4 Å². The van der Waals surface area contributed by atoms with E-state index < -0.39 is 5.54 Å². The fourth-order valence-corrected chi connectivity index (χ4v) is 3.53. The van der Waals surface area contributed by atoms with Gasteiger partial charge in [-0.3, -0.25) is 14.7 Å². The minimum Gasteiger partial charge on any atom is -0.495 e. The van der Waals surface area contributed by atoms with Gasteiger partial charge in [0.15, 0.2) is 5.96 Å². The summed E-state index contributed by atoms with van der Waals surface area (Å²) in [5, 5.41) is 2.03. The van der Waals surface area contributed by atoms with Gasteiger partial charge in [0.1, 0.15) is 11.3 Å². The molecule has 23 heavy (non-hydrogen) atoms. The molecule has 1 aliphatic heterocycles. The average molecular weight is 330 g/mol. The molecule has 3 heterocycles. The molecule has 0 spiro atoms. The lowest BCUT2D eigenvalue weighted by atomic mass is 9.93. The maximum Gasteiger partial charge on any atom is 0.231 e. The summed E-state index contributed by atoms with van der Waals surface area (Å²) in [6, 6.07) is 3.97. The van der Waals surface area contributed by atoms with Crippen LogP contribution >= 0.6 is 11.3 Å². The van der Waals surface area contributed by atoms with Gasteiger partial charge >= 0.3 is 0 Å². The first-order chi connectivity index (χ1) is 10.9. The number of guanidine groups is 1. The van der Waals surface area contributed by atoms with Crippen molar-refractivity contribution in [2.24, 2.45) is 10.7 Å². The van der Waals surface area contributed by atoms with E-state index in [2.05, 4.69) is 9.98 Å². The summed E-state index contributed by atoms with van der Waals surface area (Å²) >= 11 is 1.57. The summed E-state index contributed by atoms with van der Waals surface area (Å²) in [6.45, 7) is 1.93. The molecule has 2 aromatic heterocycles. The Bertz CT molecular complexity index is 786. The molecule has 0 fully saturated rings. The van der Waals surface area contributed by atoms with Crippen molar-refractivity contribution in [3.05, 3.63) is 34.8 Å². The summed E-state index contributed by atoms with van der Waals surface area (Å²) in [4.78, 5) is 23.2. The second-order valence-corrected chi connectivity index (χ2v) is 6.60. The van der Waals surface area contributed by atoms with Crippen molar-refractivity contribution in [2.45, 2.75) is 18.9 Å². The van der Waals surface area contributed by atoms with Crippen molar-refractivity contribution in [2.75, 3.05) is 14.2 Å². The second kappa shape index (κ2) is 5.66. The van der Waals surface area contributed by atoms with E-state index in [9.17, 15) is 4.79 Å². The van der Waals surface area contributed by atoms with E-state index in [4.69, 9.17) is 10.5 Å². The van der Waals surface area contributed by atoms with Gasteiger partial charge in [0, 0.05) is 23.7 Å². The SMILES string of the molecule is COc1cncc(-c2csc([C@]3(C)CC(=O)N(C)C(N)=N3)c2)c1. The molecular weight excluding hydrogens is 312 g/mol. The van der Waals surface area contributed by atoms with Crippen molar-refractivity contribution in [3.8, 4) is 16.9 Å². The van der Waals surface area contributed by atoms with Crippen LogP contribution in [-0.2, 0) is 10.3 Å². The van der Waals surface area contributed by atoms with Crippen LogP contribution < -0.4 is 10.5 Å². The molecule has 0 unspecified atom stereocenters. The van der Waals surface area contributed by atoms with Gasteiger partial charge in [0.2, 0.25) is 5.91 Å². The number of pyridine rings is 1. The van der Waals surface area contributed by atoms with Crippen LogP contribution in [0.5, 0.6) is 5.75 Å². The number of hydrogen-bond donors (Lipinski definition) is 1. The van der Waals surface area contributed by atoms with Gasteiger partial charge in [-0.2, -0.15) is 0 Å². The van der Waals surface area contributed by atoms with Gasteiger partial charge in [0.25, 0.3) is 0 Å². The lowest BCUT2D eigenvalue weighted by molar-refractivity contribution is -0.128. The number of thiophene rings is 1. The van der Waals surface area contributed by atoms with Gasteiger partial charge in [-0.15, -0.1) is 11.3 Å². The highest BCUT2D eigenvalue weighted by Crippen LogP contribution is 2.39. The number of methoxy groups -OCH3 is 1. The van der Waals surface area contributed by atoms with Crippen molar-refractivity contribution in [1.82, 2.24) is 9.88 Å². The number of carbonyl (C=O) groups excluding carboxylic acids is 1. The fourth-order valence-electron chi connectivity index (χ4n) is 2.51. The molecule has 3 rings (SSSR count). The quantitative estimate of drug-likeness (QED) is 0.935. The second-order valence-electron chi connectivity index (χ2n) is 5.69. The van der Waals surface area contributed by atoms with Gasteiger partial charge < -0.3 is 10.5 Å². The third kappa shape index (κ3) is 2.79. The number of nitrogens with zero attached hydrogens (tertiary/aromatic N) is 3. The Hall–Kier alpha value is -2.41. The van der Waals surface area contributed by atoms with E-state index >= 15 is 0 Å². The molecule has 1 atom stereocenters. The molecule has 0 saturated carbocycles. The number of carbonyl (C=O) groups is 1. The molecular formula is C16H18N4O2S. The number of ether oxygens (including phenoxy) is 1. The molecule has 0 radical (unpaired) electrons. The van der Waals surface area contributed by atoms with Gasteiger partial charge in [-0.25, -0.2) is 4.99 Å². The van der Waals surface area contributed by atoms with E-state index in [-0.39, 0.29) is 11.9 Å². The molecule has 0 saturated heterocycles. The maximum absolute atomic E-state index is 12.1. The van der Waals surface area contributed by atoms with Crippen LogP contribution in [-0.4, -0.2) is 35.9 Å². The highest BCUT2D eigenvalue weighted by atomic mass is 32.1. The van der Waals surface area contributed by atoms with Crippen molar-refractivity contribution in [3.63, 3.8) is 0 Å². The zero-order valence-corrected chi connectivity index (χ0v) is 14.1. The van der Waals surface area contributed by atoms with Crippen molar-refractivity contribution < 1.29 is 9.53 Å². The molecule has 120 valence electrons. The van der Waals surface area contributed by atoms with Crippen LogP contribution in [0.15, 0.2) is 34.9 Å². The predicted molar refractivity (Wildman–Crippen MR) is 90.5 cm³/mol. The summed E-state index contributed by atoms with van der Waals surface area (Å²) in [7, 11) is 3.25. The zero-order chi connectivity index (χ0) is 16.6. The summed E-state index contributed by atoms with van der Waals surface area (Å²) in [5.74, 6) is 0.929. The lowest BCUT2D eigenvalue weighted by Crippen LogP contribution is -2.47. The Labute approximate surface area is 138 Å². The number of amides is 1. The maximum atomic E-state index is 12.1. The lowest BCUT2D eigenvalue weighted by Gasteiger charge is -2.32. The zero-order valence-electron chi connectivity index (χ0n) is 13.2. The number of hydrogen-bond acceptors (Lipinski definition) is 6. The number of rotatable bonds is 3. The molecule has 0 aliphatic carbocycles. The van der Waals surface area contributed by atoms with Crippen LogP contribution in [0.1, 0.15) is 18.2 Å². The van der Waals surface area contributed by atoms with Crippen LogP contribution in [0.4, 0.5) is 0 Å². The topological polar surface area (TPSA) is 80.8 Å². The molecule has 0 bridgehead atoms. The molecule has 2 aromatic rings. The van der Waals surface area contributed by atoms with Crippen LogP contribution in [0, 0.1) is 0 Å². The van der Waals surface area contributed by atoms with Crippen molar-refractivity contribution in [1.29, 1.82) is 0 Å². The first-order valence-corrected chi connectivity index (χ1v) is 8.01.